The summed E-state index contributed by atoms with van der Waals surface area (Å²) < 4.78 is 0. The number of aromatic nitrogens is 2. The summed E-state index contributed by atoms with van der Waals surface area (Å²) in [6.45, 7) is 2.20. The Morgan fingerprint density at radius 2 is 1.96 bits per heavy atom. The number of fused-ring (bicyclic) bond motifs is 1. The number of amides is 1. The zero-order valence-electron chi connectivity index (χ0n) is 14.1. The number of carbonyl (C=O) groups is 1. The van der Waals surface area contributed by atoms with E-state index in [4.69, 9.17) is 0 Å². The molecular formula is C20H23N3O. The maximum absolute atomic E-state index is 13.4. The fourth-order valence-electron chi connectivity index (χ4n) is 4.07. The third-order valence-electron chi connectivity index (χ3n) is 5.33. The van der Waals surface area contributed by atoms with Gasteiger partial charge in [0.25, 0.3) is 5.91 Å². The van der Waals surface area contributed by atoms with Crippen LogP contribution in [0.4, 0.5) is 0 Å². The van der Waals surface area contributed by atoms with E-state index < -0.39 is 0 Å². The quantitative estimate of drug-likeness (QED) is 0.857. The molecule has 4 nitrogen and oxygen atoms in total. The number of rotatable bonds is 4. The van der Waals surface area contributed by atoms with Crippen molar-refractivity contribution >= 4 is 5.91 Å². The first-order chi connectivity index (χ1) is 11.8. The van der Waals surface area contributed by atoms with E-state index in [2.05, 4.69) is 21.8 Å². The van der Waals surface area contributed by atoms with Crippen LogP contribution in [0.15, 0.2) is 42.7 Å². The van der Waals surface area contributed by atoms with E-state index in [1.54, 1.807) is 18.5 Å². The normalized spacial score (nSPS) is 25.2. The van der Waals surface area contributed by atoms with E-state index in [9.17, 15) is 4.79 Å². The molecule has 4 rings (SSSR count). The van der Waals surface area contributed by atoms with E-state index in [1.807, 2.05) is 24.3 Å². The molecule has 2 heterocycles. The van der Waals surface area contributed by atoms with E-state index in [0.29, 0.717) is 17.9 Å². The molecule has 1 aromatic heterocycles. The SMILES string of the molecule is CCC[C@@H]1CC[C@H]2C[C@H]2N1C(=O)c1ccccc1-c1ncccn1. The molecule has 0 radical (unpaired) electrons. The lowest BCUT2D eigenvalue weighted by Crippen LogP contribution is -2.45. The summed E-state index contributed by atoms with van der Waals surface area (Å²) in [5, 5.41) is 0. The fraction of sp³-hybridized carbons (Fsp3) is 0.450. The predicted octanol–water partition coefficient (Wildman–Crippen LogP) is 3.94. The summed E-state index contributed by atoms with van der Waals surface area (Å²) in [4.78, 5) is 24.2. The average Bonchev–Trinajstić information content (AvgIpc) is 3.42. The Morgan fingerprint density at radius 1 is 1.17 bits per heavy atom. The van der Waals surface area contributed by atoms with Gasteiger partial charge in [-0.2, -0.15) is 0 Å². The smallest absolute Gasteiger partial charge is 0.255 e. The number of nitrogens with zero attached hydrogens (tertiary/aromatic N) is 3. The molecule has 0 spiro atoms. The highest BCUT2D eigenvalue weighted by molar-refractivity contribution is 6.00. The molecule has 1 saturated heterocycles. The molecule has 2 fully saturated rings. The lowest BCUT2D eigenvalue weighted by atomic mass is 9.96. The van der Waals surface area contributed by atoms with E-state index in [0.717, 1.165) is 36.3 Å². The number of likely N-dealkylation sites (tertiary alicyclic amines) is 1. The van der Waals surface area contributed by atoms with Crippen molar-refractivity contribution in [2.75, 3.05) is 0 Å². The molecule has 2 aromatic rings. The molecule has 124 valence electrons. The Balaban J connectivity index is 1.69. The van der Waals surface area contributed by atoms with Crippen LogP contribution in [0, 0.1) is 5.92 Å². The highest BCUT2D eigenvalue weighted by atomic mass is 16.2. The number of hydrogen-bond acceptors (Lipinski definition) is 3. The summed E-state index contributed by atoms with van der Waals surface area (Å²) in [6, 6.07) is 10.4. The van der Waals surface area contributed by atoms with Crippen LogP contribution in [0.25, 0.3) is 11.4 Å². The summed E-state index contributed by atoms with van der Waals surface area (Å²) in [7, 11) is 0. The largest absolute Gasteiger partial charge is 0.332 e. The topological polar surface area (TPSA) is 46.1 Å². The van der Waals surface area contributed by atoms with Gasteiger partial charge in [-0.3, -0.25) is 4.79 Å². The van der Waals surface area contributed by atoms with Crippen molar-refractivity contribution in [2.24, 2.45) is 5.92 Å². The van der Waals surface area contributed by atoms with Crippen molar-refractivity contribution in [1.82, 2.24) is 14.9 Å². The van der Waals surface area contributed by atoms with Crippen LogP contribution in [0.2, 0.25) is 0 Å². The van der Waals surface area contributed by atoms with Crippen molar-refractivity contribution in [2.45, 2.75) is 51.1 Å². The minimum Gasteiger partial charge on any atom is -0.332 e. The van der Waals surface area contributed by atoms with Crippen LogP contribution in [0.1, 0.15) is 49.4 Å². The lowest BCUT2D eigenvalue weighted by molar-refractivity contribution is 0.0575. The van der Waals surface area contributed by atoms with Crippen LogP contribution < -0.4 is 0 Å². The fourth-order valence-corrected chi connectivity index (χ4v) is 4.07. The first kappa shape index (κ1) is 15.3. The lowest BCUT2D eigenvalue weighted by Gasteiger charge is -2.36. The zero-order valence-corrected chi connectivity index (χ0v) is 14.1. The van der Waals surface area contributed by atoms with Crippen molar-refractivity contribution in [1.29, 1.82) is 0 Å². The second-order valence-electron chi connectivity index (χ2n) is 6.91. The van der Waals surface area contributed by atoms with E-state index >= 15 is 0 Å². The molecule has 1 aliphatic heterocycles. The average molecular weight is 321 g/mol. The van der Waals surface area contributed by atoms with Gasteiger partial charge in [0, 0.05) is 30.0 Å². The minimum atomic E-state index is 0.156. The molecule has 0 bridgehead atoms. The summed E-state index contributed by atoms with van der Waals surface area (Å²) >= 11 is 0. The van der Waals surface area contributed by atoms with Gasteiger partial charge in [0.15, 0.2) is 5.82 Å². The number of hydrogen-bond donors (Lipinski definition) is 0. The monoisotopic (exact) mass is 321 g/mol. The third-order valence-corrected chi connectivity index (χ3v) is 5.33. The highest BCUT2D eigenvalue weighted by Crippen LogP contribution is 2.47. The molecule has 2 aliphatic rings. The Morgan fingerprint density at radius 3 is 2.75 bits per heavy atom. The van der Waals surface area contributed by atoms with Crippen molar-refractivity contribution in [3.8, 4) is 11.4 Å². The zero-order chi connectivity index (χ0) is 16.5. The van der Waals surface area contributed by atoms with Crippen LogP contribution in [-0.4, -0.2) is 32.9 Å². The first-order valence-corrected chi connectivity index (χ1v) is 8.98. The second kappa shape index (κ2) is 6.34. The molecule has 3 atom stereocenters. The Hall–Kier alpha value is -2.23. The maximum atomic E-state index is 13.4. The second-order valence-corrected chi connectivity index (χ2v) is 6.91. The van der Waals surface area contributed by atoms with Crippen molar-refractivity contribution in [3.63, 3.8) is 0 Å². The number of benzene rings is 1. The van der Waals surface area contributed by atoms with Gasteiger partial charge in [-0.1, -0.05) is 31.5 Å². The van der Waals surface area contributed by atoms with Gasteiger partial charge in [-0.15, -0.1) is 0 Å². The molecule has 1 saturated carbocycles. The summed E-state index contributed by atoms with van der Waals surface area (Å²) in [5.74, 6) is 1.50. The molecule has 4 heteroatoms. The van der Waals surface area contributed by atoms with E-state index in [1.165, 1.54) is 12.8 Å². The molecular weight excluding hydrogens is 298 g/mol. The molecule has 1 aromatic carbocycles. The Bertz CT molecular complexity index is 731. The highest BCUT2D eigenvalue weighted by Gasteiger charge is 2.49. The van der Waals surface area contributed by atoms with Crippen LogP contribution in [-0.2, 0) is 0 Å². The summed E-state index contributed by atoms with van der Waals surface area (Å²) in [5.41, 5.74) is 1.57. The van der Waals surface area contributed by atoms with Crippen molar-refractivity contribution < 1.29 is 4.79 Å². The van der Waals surface area contributed by atoms with E-state index in [-0.39, 0.29) is 5.91 Å². The van der Waals surface area contributed by atoms with Crippen LogP contribution in [0.3, 0.4) is 0 Å². The first-order valence-electron chi connectivity index (χ1n) is 8.98. The Labute approximate surface area is 142 Å². The van der Waals surface area contributed by atoms with Gasteiger partial charge in [-0.05, 0) is 43.7 Å². The van der Waals surface area contributed by atoms with Crippen molar-refractivity contribution in [3.05, 3.63) is 48.3 Å². The predicted molar refractivity (Wildman–Crippen MR) is 93.5 cm³/mol. The molecule has 24 heavy (non-hydrogen) atoms. The molecule has 1 amide bonds. The third kappa shape index (κ3) is 2.70. The van der Waals surface area contributed by atoms with Gasteiger partial charge in [0.2, 0.25) is 0 Å². The van der Waals surface area contributed by atoms with Crippen LogP contribution in [0.5, 0.6) is 0 Å². The standard InChI is InChI=1S/C20H23N3O/c1-2-6-15-10-9-14-13-18(14)23(15)20(24)17-8-4-3-7-16(17)19-21-11-5-12-22-19/h3-5,7-8,11-12,14-15,18H,2,6,9-10,13H2,1H3/t14-,15+,18+/m0/s1. The van der Waals surface area contributed by atoms with Crippen LogP contribution >= 0.6 is 0 Å². The molecule has 1 aliphatic carbocycles. The number of carbonyl (C=O) groups excluding carboxylic acids is 1. The Kier molecular flexibility index (Phi) is 4.05. The van der Waals surface area contributed by atoms with Gasteiger partial charge in [0.1, 0.15) is 0 Å². The molecule has 0 N–H and O–H groups in total. The van der Waals surface area contributed by atoms with Gasteiger partial charge < -0.3 is 4.90 Å². The number of piperidine rings is 1. The van der Waals surface area contributed by atoms with Gasteiger partial charge >= 0.3 is 0 Å². The molecule has 0 unspecified atom stereocenters. The minimum absolute atomic E-state index is 0.156. The van der Waals surface area contributed by atoms with Gasteiger partial charge in [-0.25, -0.2) is 9.97 Å². The summed E-state index contributed by atoms with van der Waals surface area (Å²) in [6.07, 6.45) is 9.26. The van der Waals surface area contributed by atoms with Gasteiger partial charge in [0.05, 0.1) is 5.56 Å². The maximum Gasteiger partial charge on any atom is 0.255 e.